The number of allylic oxidation sites excluding steroid dienone is 4. The lowest BCUT2D eigenvalue weighted by Crippen LogP contribution is -2.28. The number of rotatable bonds is 4. The Labute approximate surface area is 198 Å². The third kappa shape index (κ3) is 4.98. The van der Waals surface area contributed by atoms with Crippen LogP contribution in [0.3, 0.4) is 0 Å². The lowest BCUT2D eigenvalue weighted by Gasteiger charge is -2.13. The molecule has 0 spiro atoms. The first-order valence-electron chi connectivity index (χ1n) is 11.9. The Bertz CT molecular complexity index is 1420. The number of hydrogen-bond donors (Lipinski definition) is 2. The molecule has 0 fully saturated rings. The fourth-order valence-electron chi connectivity index (χ4n) is 4.42. The lowest BCUT2D eigenvalue weighted by atomic mass is 9.97. The number of H-pyrrole nitrogens is 1. The standard InChI is InChI=1S/C28H28FN5/c1-19-24(29)11-13-26(32-19)28-23(18-31-34-28)25-12-10-22-9-3-2-6-21(17-27(22)33-25)16-20-7-4-14-30-15-5-8-20/h3,6-7,10-13,17-18,30H,2,4-5,8,14-16H2,1H3,(H,31,34)/b20-7+,21-6-,27-17+. The highest BCUT2D eigenvalue weighted by molar-refractivity contribution is 5.76. The summed E-state index contributed by atoms with van der Waals surface area (Å²) in [5.41, 5.74) is 9.51. The van der Waals surface area contributed by atoms with Crippen molar-refractivity contribution >= 4 is 11.8 Å². The quantitative estimate of drug-likeness (QED) is 0.584. The molecule has 172 valence electrons. The number of halogens is 1. The number of hydrogen-bond acceptors (Lipinski definition) is 4. The van der Waals surface area contributed by atoms with Crippen LogP contribution >= 0.6 is 0 Å². The molecule has 3 aromatic rings. The zero-order valence-electron chi connectivity index (χ0n) is 19.4. The molecule has 0 radical (unpaired) electrons. The second-order valence-corrected chi connectivity index (χ2v) is 8.74. The number of aromatic amines is 1. The molecule has 1 aliphatic heterocycles. The Morgan fingerprint density at radius 1 is 1.06 bits per heavy atom. The molecule has 0 amide bonds. The van der Waals surface area contributed by atoms with Crippen LogP contribution in [0.15, 0.2) is 59.8 Å². The maximum Gasteiger partial charge on any atom is 0.144 e. The molecular formula is C28H28FN5. The highest BCUT2D eigenvalue weighted by Crippen LogP contribution is 2.27. The molecule has 1 aliphatic carbocycles. The highest BCUT2D eigenvalue weighted by Gasteiger charge is 2.14. The first-order chi connectivity index (χ1) is 16.7. The first-order valence-corrected chi connectivity index (χ1v) is 11.9. The minimum Gasteiger partial charge on any atom is -0.316 e. The van der Waals surface area contributed by atoms with E-state index in [4.69, 9.17) is 4.98 Å². The van der Waals surface area contributed by atoms with Crippen molar-refractivity contribution in [1.82, 2.24) is 25.5 Å². The number of aryl methyl sites for hydroxylation is 1. The number of nitrogens with one attached hydrogen (secondary N) is 2. The van der Waals surface area contributed by atoms with Crippen molar-refractivity contribution in [3.63, 3.8) is 0 Å². The van der Waals surface area contributed by atoms with Gasteiger partial charge in [0.2, 0.25) is 0 Å². The van der Waals surface area contributed by atoms with Gasteiger partial charge in [-0.15, -0.1) is 5.73 Å². The highest BCUT2D eigenvalue weighted by atomic mass is 19.1. The van der Waals surface area contributed by atoms with Gasteiger partial charge in [0.1, 0.15) is 5.82 Å². The average Bonchev–Trinajstić information content (AvgIpc) is 3.29. The molecule has 2 aliphatic rings. The number of pyridine rings is 2. The Morgan fingerprint density at radius 3 is 2.88 bits per heavy atom. The van der Waals surface area contributed by atoms with E-state index in [-0.39, 0.29) is 5.82 Å². The van der Waals surface area contributed by atoms with Crippen LogP contribution < -0.4 is 15.9 Å². The summed E-state index contributed by atoms with van der Waals surface area (Å²) in [4.78, 5) is 9.38. The number of nitrogens with zero attached hydrogens (tertiary/aromatic N) is 3. The van der Waals surface area contributed by atoms with Crippen molar-refractivity contribution in [2.75, 3.05) is 13.1 Å². The summed E-state index contributed by atoms with van der Waals surface area (Å²) in [5, 5.41) is 12.6. The van der Waals surface area contributed by atoms with Gasteiger partial charge in [0.05, 0.1) is 34.3 Å². The van der Waals surface area contributed by atoms with Gasteiger partial charge in [-0.3, -0.25) is 5.10 Å². The summed E-state index contributed by atoms with van der Waals surface area (Å²) >= 11 is 0. The van der Waals surface area contributed by atoms with E-state index in [0.29, 0.717) is 11.4 Å². The molecule has 0 aromatic carbocycles. The van der Waals surface area contributed by atoms with E-state index >= 15 is 0 Å². The van der Waals surface area contributed by atoms with Crippen molar-refractivity contribution in [2.24, 2.45) is 0 Å². The van der Waals surface area contributed by atoms with Crippen molar-refractivity contribution in [2.45, 2.75) is 39.0 Å². The first kappa shape index (κ1) is 22.2. The Kier molecular flexibility index (Phi) is 6.61. The fraction of sp³-hybridized carbons (Fsp3) is 0.286. The van der Waals surface area contributed by atoms with Crippen LogP contribution in [0.25, 0.3) is 34.5 Å². The van der Waals surface area contributed by atoms with Crippen LogP contribution in [-0.4, -0.2) is 33.3 Å². The van der Waals surface area contributed by atoms with Crippen LogP contribution in [0.4, 0.5) is 4.39 Å². The molecule has 4 heterocycles. The molecule has 0 saturated carbocycles. The van der Waals surface area contributed by atoms with Gasteiger partial charge in [0.25, 0.3) is 0 Å². The van der Waals surface area contributed by atoms with Crippen LogP contribution in [0, 0.1) is 12.7 Å². The summed E-state index contributed by atoms with van der Waals surface area (Å²) in [6.07, 6.45) is 15.9. The molecule has 0 bridgehead atoms. The van der Waals surface area contributed by atoms with Crippen molar-refractivity contribution < 1.29 is 4.39 Å². The predicted octanol–water partition coefficient (Wildman–Crippen LogP) is 4.12. The third-order valence-electron chi connectivity index (χ3n) is 6.23. The largest absolute Gasteiger partial charge is 0.316 e. The van der Waals surface area contributed by atoms with E-state index < -0.39 is 0 Å². The molecule has 3 aromatic heterocycles. The van der Waals surface area contributed by atoms with Gasteiger partial charge in [0, 0.05) is 10.8 Å². The molecule has 5 nitrogen and oxygen atoms in total. The number of aromatic nitrogens is 4. The summed E-state index contributed by atoms with van der Waals surface area (Å²) < 4.78 is 13.7. The monoisotopic (exact) mass is 453 g/mol. The van der Waals surface area contributed by atoms with E-state index in [1.807, 2.05) is 6.07 Å². The van der Waals surface area contributed by atoms with E-state index in [1.165, 1.54) is 23.6 Å². The Morgan fingerprint density at radius 2 is 1.97 bits per heavy atom. The molecular weight excluding hydrogens is 425 g/mol. The molecule has 0 atom stereocenters. The Balaban J connectivity index is 1.52. The van der Waals surface area contributed by atoms with Gasteiger partial charge >= 0.3 is 0 Å². The van der Waals surface area contributed by atoms with Crippen LogP contribution in [0.1, 0.15) is 37.8 Å². The molecule has 6 heteroatoms. The van der Waals surface area contributed by atoms with Crippen molar-refractivity contribution in [3.05, 3.63) is 81.9 Å². The van der Waals surface area contributed by atoms with Crippen LogP contribution in [0.2, 0.25) is 0 Å². The van der Waals surface area contributed by atoms with Gasteiger partial charge in [-0.25, -0.2) is 14.4 Å². The fourth-order valence-corrected chi connectivity index (χ4v) is 4.42. The molecule has 0 unspecified atom stereocenters. The number of fused-ring (bicyclic) bond motifs is 1. The minimum absolute atomic E-state index is 0.323. The summed E-state index contributed by atoms with van der Waals surface area (Å²) in [6.45, 7) is 3.79. The zero-order chi connectivity index (χ0) is 23.3. The molecule has 0 saturated heterocycles. The average molecular weight is 454 g/mol. The minimum atomic E-state index is -0.323. The molecule has 5 rings (SSSR count). The molecule has 2 N–H and O–H groups in total. The molecule has 34 heavy (non-hydrogen) atoms. The zero-order valence-corrected chi connectivity index (χ0v) is 19.4. The topological polar surface area (TPSA) is 66.5 Å². The summed E-state index contributed by atoms with van der Waals surface area (Å²) in [6, 6.07) is 7.12. The normalized spacial score (nSPS) is 20.1. The summed E-state index contributed by atoms with van der Waals surface area (Å²) in [7, 11) is 0. The third-order valence-corrected chi connectivity index (χ3v) is 6.23. The second-order valence-electron chi connectivity index (χ2n) is 8.74. The maximum atomic E-state index is 13.7. The van der Waals surface area contributed by atoms with Crippen molar-refractivity contribution in [1.29, 1.82) is 0 Å². The van der Waals surface area contributed by atoms with Gasteiger partial charge in [-0.2, -0.15) is 5.10 Å². The summed E-state index contributed by atoms with van der Waals surface area (Å²) in [5.74, 6) is -0.323. The Hall–Kier alpha value is -3.60. The van der Waals surface area contributed by atoms with Gasteiger partial charge < -0.3 is 5.32 Å². The van der Waals surface area contributed by atoms with Gasteiger partial charge in [0.15, 0.2) is 0 Å². The second kappa shape index (κ2) is 10.1. The van der Waals surface area contributed by atoms with E-state index in [0.717, 1.165) is 66.3 Å². The van der Waals surface area contributed by atoms with Crippen LogP contribution in [-0.2, 0) is 0 Å². The SMILES string of the molecule is Cc1nc(-c2[nH]ncc2-c2ccc3/c(n2)=C\C(C/C2=C/CCNCCC2)=C/CC=C=3)ccc1F. The van der Waals surface area contributed by atoms with Crippen LogP contribution in [0.5, 0.6) is 0 Å². The maximum absolute atomic E-state index is 13.7. The van der Waals surface area contributed by atoms with E-state index in [1.54, 1.807) is 19.2 Å². The van der Waals surface area contributed by atoms with E-state index in [2.05, 4.69) is 56.6 Å². The van der Waals surface area contributed by atoms with Gasteiger partial charge in [-0.05, 0) is 94.1 Å². The lowest BCUT2D eigenvalue weighted by molar-refractivity contribution is 0.610. The van der Waals surface area contributed by atoms with Gasteiger partial charge in [-0.1, -0.05) is 17.7 Å². The van der Waals surface area contributed by atoms with E-state index in [9.17, 15) is 4.39 Å². The predicted molar refractivity (Wildman–Crippen MR) is 134 cm³/mol. The smallest absolute Gasteiger partial charge is 0.144 e. The van der Waals surface area contributed by atoms with Crippen molar-refractivity contribution in [3.8, 4) is 22.6 Å².